The van der Waals surface area contributed by atoms with Crippen molar-refractivity contribution in [1.82, 2.24) is 15.6 Å². The Kier molecular flexibility index (Phi) is 7.78. The van der Waals surface area contributed by atoms with E-state index < -0.39 is 0 Å². The van der Waals surface area contributed by atoms with Gasteiger partial charge in [0.05, 0.1) is 17.4 Å². The van der Waals surface area contributed by atoms with Crippen LogP contribution < -0.4 is 10.6 Å². The van der Waals surface area contributed by atoms with E-state index in [0.717, 1.165) is 21.0 Å². The quantitative estimate of drug-likeness (QED) is 0.432. The molecule has 0 amide bonds. The molecule has 0 bridgehead atoms. The second-order valence-electron chi connectivity index (χ2n) is 3.87. The fourth-order valence-corrected chi connectivity index (χ4v) is 3.22. The zero-order valence-electron chi connectivity index (χ0n) is 11.1. The van der Waals surface area contributed by atoms with Gasteiger partial charge in [-0.2, -0.15) is 0 Å². The van der Waals surface area contributed by atoms with Crippen LogP contribution in [-0.4, -0.2) is 18.0 Å². The Labute approximate surface area is 148 Å². The van der Waals surface area contributed by atoms with Crippen molar-refractivity contribution in [2.75, 3.05) is 7.05 Å². The molecule has 0 radical (unpaired) electrons. The van der Waals surface area contributed by atoms with Crippen molar-refractivity contribution in [2.24, 2.45) is 4.99 Å². The summed E-state index contributed by atoms with van der Waals surface area (Å²) >= 11 is 9.11. The molecule has 0 aliphatic heterocycles. The van der Waals surface area contributed by atoms with Gasteiger partial charge in [0.25, 0.3) is 0 Å². The van der Waals surface area contributed by atoms with Gasteiger partial charge in [0.15, 0.2) is 5.96 Å². The number of aliphatic imine (C=N–C) groups is 1. The molecule has 0 atom stereocenters. The minimum absolute atomic E-state index is 0. The van der Waals surface area contributed by atoms with E-state index in [0.29, 0.717) is 13.1 Å². The van der Waals surface area contributed by atoms with Crippen LogP contribution in [0.15, 0.2) is 22.5 Å². The summed E-state index contributed by atoms with van der Waals surface area (Å²) in [5.41, 5.74) is 1.05. The Morgan fingerprint density at radius 2 is 2.10 bits per heavy atom. The van der Waals surface area contributed by atoms with Crippen molar-refractivity contribution in [3.05, 3.63) is 37.4 Å². The first-order valence-corrected chi connectivity index (χ1v) is 7.84. The maximum absolute atomic E-state index is 5.89. The van der Waals surface area contributed by atoms with Crippen LogP contribution in [0.1, 0.15) is 15.6 Å². The van der Waals surface area contributed by atoms with Crippen LogP contribution in [0.3, 0.4) is 0 Å². The molecule has 0 spiro atoms. The minimum Gasteiger partial charge on any atom is -0.352 e. The lowest BCUT2D eigenvalue weighted by Gasteiger charge is -2.09. The molecular weight excluding hydrogens is 427 g/mol. The molecule has 0 aliphatic carbocycles. The molecule has 2 N–H and O–H groups in total. The van der Waals surface area contributed by atoms with Crippen molar-refractivity contribution >= 4 is 64.2 Å². The van der Waals surface area contributed by atoms with Gasteiger partial charge in [-0.05, 0) is 19.1 Å². The molecule has 20 heavy (non-hydrogen) atoms. The molecule has 2 rings (SSSR count). The summed E-state index contributed by atoms with van der Waals surface area (Å²) in [4.78, 5) is 9.75. The number of guanidine groups is 1. The molecule has 0 fully saturated rings. The van der Waals surface area contributed by atoms with Gasteiger partial charge in [-0.25, -0.2) is 4.98 Å². The number of hydrogen-bond acceptors (Lipinski definition) is 4. The van der Waals surface area contributed by atoms with E-state index in [1.54, 1.807) is 29.7 Å². The van der Waals surface area contributed by atoms with E-state index in [4.69, 9.17) is 11.6 Å². The SMILES string of the molecule is CN=C(NCc1ccc(Cl)s1)NCc1nc(C)cs1.I. The molecule has 2 aromatic rings. The van der Waals surface area contributed by atoms with Crippen LogP contribution in [0.25, 0.3) is 0 Å². The monoisotopic (exact) mass is 442 g/mol. The molecule has 0 saturated carbocycles. The second kappa shape index (κ2) is 8.81. The number of nitrogens with one attached hydrogen (secondary N) is 2. The Morgan fingerprint density at radius 1 is 1.35 bits per heavy atom. The Morgan fingerprint density at radius 3 is 2.65 bits per heavy atom. The average molecular weight is 443 g/mol. The van der Waals surface area contributed by atoms with Crippen LogP contribution >= 0.6 is 58.3 Å². The lowest BCUT2D eigenvalue weighted by molar-refractivity contribution is 0.809. The molecule has 0 aromatic carbocycles. The second-order valence-corrected chi connectivity index (χ2v) is 6.61. The number of aryl methyl sites for hydroxylation is 1. The molecule has 0 aliphatic rings. The highest BCUT2D eigenvalue weighted by atomic mass is 127. The highest BCUT2D eigenvalue weighted by molar-refractivity contribution is 14.0. The van der Waals surface area contributed by atoms with E-state index in [9.17, 15) is 0 Å². The summed E-state index contributed by atoms with van der Waals surface area (Å²) in [6.45, 7) is 3.39. The van der Waals surface area contributed by atoms with Gasteiger partial charge in [0, 0.05) is 23.0 Å². The van der Waals surface area contributed by atoms with Gasteiger partial charge >= 0.3 is 0 Å². The Balaban J connectivity index is 0.00000200. The van der Waals surface area contributed by atoms with Crippen LogP contribution in [0.4, 0.5) is 0 Å². The molecule has 0 unspecified atom stereocenters. The van der Waals surface area contributed by atoms with Crippen molar-refractivity contribution in [2.45, 2.75) is 20.0 Å². The number of halogens is 2. The van der Waals surface area contributed by atoms with Gasteiger partial charge in [-0.3, -0.25) is 4.99 Å². The summed E-state index contributed by atoms with van der Waals surface area (Å²) in [7, 11) is 1.75. The average Bonchev–Trinajstić information content (AvgIpc) is 2.99. The first kappa shape index (κ1) is 17.7. The standard InChI is InChI=1S/C12H15ClN4S2.HI/c1-8-7-18-11(17-8)6-16-12(14-2)15-5-9-3-4-10(13)19-9;/h3-4,7H,5-6H2,1-2H3,(H2,14,15,16);1H. The number of aromatic nitrogens is 1. The smallest absolute Gasteiger partial charge is 0.191 e. The predicted molar refractivity (Wildman–Crippen MR) is 98.6 cm³/mol. The van der Waals surface area contributed by atoms with Crippen molar-refractivity contribution in [1.29, 1.82) is 0 Å². The number of rotatable bonds is 4. The highest BCUT2D eigenvalue weighted by Crippen LogP contribution is 2.20. The van der Waals surface area contributed by atoms with E-state index >= 15 is 0 Å². The minimum atomic E-state index is 0. The fourth-order valence-electron chi connectivity index (χ4n) is 1.48. The zero-order chi connectivity index (χ0) is 13.7. The van der Waals surface area contributed by atoms with Crippen molar-refractivity contribution in [3.63, 3.8) is 0 Å². The summed E-state index contributed by atoms with van der Waals surface area (Å²) in [5.74, 6) is 0.761. The van der Waals surface area contributed by atoms with Gasteiger partial charge in [-0.1, -0.05) is 11.6 Å². The topological polar surface area (TPSA) is 49.3 Å². The third-order valence-electron chi connectivity index (χ3n) is 2.36. The number of thiazole rings is 1. The Hall–Kier alpha value is -0.380. The summed E-state index contributed by atoms with van der Waals surface area (Å²) in [6, 6.07) is 3.91. The van der Waals surface area contributed by atoms with Crippen LogP contribution in [0.5, 0.6) is 0 Å². The van der Waals surface area contributed by atoms with Crippen LogP contribution in [0, 0.1) is 6.92 Å². The van der Waals surface area contributed by atoms with E-state index in [1.807, 2.05) is 24.4 Å². The van der Waals surface area contributed by atoms with Gasteiger partial charge in [0.2, 0.25) is 0 Å². The van der Waals surface area contributed by atoms with Gasteiger partial charge in [-0.15, -0.1) is 46.7 Å². The normalized spacial score (nSPS) is 11.1. The molecule has 8 heteroatoms. The van der Waals surface area contributed by atoms with Crippen LogP contribution in [0.2, 0.25) is 4.34 Å². The van der Waals surface area contributed by atoms with E-state index in [2.05, 4.69) is 20.6 Å². The molecular formula is C12H16ClIN4S2. The van der Waals surface area contributed by atoms with Gasteiger partial charge < -0.3 is 10.6 Å². The van der Waals surface area contributed by atoms with Crippen molar-refractivity contribution < 1.29 is 0 Å². The summed E-state index contributed by atoms with van der Waals surface area (Å²) in [6.07, 6.45) is 0. The fraction of sp³-hybridized carbons (Fsp3) is 0.333. The third kappa shape index (κ3) is 5.55. The van der Waals surface area contributed by atoms with Crippen molar-refractivity contribution in [3.8, 4) is 0 Å². The zero-order valence-corrected chi connectivity index (χ0v) is 15.9. The molecule has 2 heterocycles. The third-order valence-corrected chi connectivity index (χ3v) is 4.55. The molecule has 0 saturated heterocycles. The first-order chi connectivity index (χ1) is 9.17. The van der Waals surface area contributed by atoms with Crippen LogP contribution in [-0.2, 0) is 13.1 Å². The molecule has 2 aromatic heterocycles. The van der Waals surface area contributed by atoms with E-state index in [1.165, 1.54) is 4.88 Å². The molecule has 110 valence electrons. The maximum atomic E-state index is 5.89. The number of hydrogen-bond donors (Lipinski definition) is 2. The van der Waals surface area contributed by atoms with E-state index in [-0.39, 0.29) is 24.0 Å². The summed E-state index contributed by atoms with van der Waals surface area (Å²) < 4.78 is 0.804. The predicted octanol–water partition coefficient (Wildman–Crippen LogP) is 3.65. The summed E-state index contributed by atoms with van der Waals surface area (Å²) in [5, 5.41) is 9.58. The maximum Gasteiger partial charge on any atom is 0.191 e. The first-order valence-electron chi connectivity index (χ1n) is 5.77. The molecule has 4 nitrogen and oxygen atoms in total. The lowest BCUT2D eigenvalue weighted by Crippen LogP contribution is -2.36. The Bertz CT molecular complexity index is 521. The number of thiophene rings is 1. The van der Waals surface area contributed by atoms with Gasteiger partial charge in [0.1, 0.15) is 5.01 Å². The lowest BCUT2D eigenvalue weighted by atomic mass is 10.4. The largest absolute Gasteiger partial charge is 0.352 e. The number of nitrogens with zero attached hydrogens (tertiary/aromatic N) is 2. The highest BCUT2D eigenvalue weighted by Gasteiger charge is 2.03.